The fraction of sp³-hybridized carbons (Fsp3) is 0.355. The maximum absolute atomic E-state index is 13.0. The summed E-state index contributed by atoms with van der Waals surface area (Å²) in [4.78, 5) is 26.9. The summed E-state index contributed by atoms with van der Waals surface area (Å²) >= 11 is 0. The summed E-state index contributed by atoms with van der Waals surface area (Å²) in [6, 6.07) is 24.7. The van der Waals surface area contributed by atoms with E-state index in [2.05, 4.69) is 40.5 Å². The number of hydrogen-bond acceptors (Lipinski definition) is 4. The molecule has 5 rings (SSSR count). The summed E-state index contributed by atoms with van der Waals surface area (Å²) in [6.45, 7) is 1.69. The lowest BCUT2D eigenvalue weighted by Crippen LogP contribution is -2.32. The number of carbonyl (C=O) groups is 2. The van der Waals surface area contributed by atoms with E-state index in [1.54, 1.807) is 0 Å². The van der Waals surface area contributed by atoms with Crippen molar-refractivity contribution in [2.45, 2.75) is 51.0 Å². The average molecular weight is 483 g/mol. The predicted molar refractivity (Wildman–Crippen MR) is 143 cm³/mol. The highest BCUT2D eigenvalue weighted by Crippen LogP contribution is 2.38. The van der Waals surface area contributed by atoms with Crippen LogP contribution >= 0.6 is 0 Å². The highest BCUT2D eigenvalue weighted by molar-refractivity contribution is 6.05. The Morgan fingerprint density at radius 1 is 0.917 bits per heavy atom. The Morgan fingerprint density at radius 3 is 2.39 bits per heavy atom. The molecule has 5 heteroatoms. The van der Waals surface area contributed by atoms with Crippen molar-refractivity contribution in [2.24, 2.45) is 5.92 Å². The van der Waals surface area contributed by atoms with E-state index >= 15 is 0 Å². The lowest BCUT2D eigenvalue weighted by molar-refractivity contribution is -0.142. The van der Waals surface area contributed by atoms with Crippen LogP contribution in [0.4, 0.5) is 11.4 Å². The number of methoxy groups -OCH3 is 1. The molecule has 3 aromatic rings. The normalized spacial score (nSPS) is 19.3. The van der Waals surface area contributed by atoms with Crippen LogP contribution in [0.1, 0.15) is 65.1 Å². The minimum Gasteiger partial charge on any atom is -0.469 e. The molecule has 1 heterocycles. The zero-order chi connectivity index (χ0) is 24.9. The van der Waals surface area contributed by atoms with Gasteiger partial charge in [0.25, 0.3) is 5.91 Å². The largest absolute Gasteiger partial charge is 0.469 e. The number of anilines is 2. The highest BCUT2D eigenvalue weighted by Gasteiger charge is 2.25. The second-order valence-electron chi connectivity index (χ2n) is 10.0. The number of hydrogen-bond donors (Lipinski definition) is 1. The number of esters is 1. The van der Waals surface area contributed by atoms with Crippen molar-refractivity contribution in [1.29, 1.82) is 0 Å². The number of rotatable bonds is 6. The molecule has 0 aromatic heterocycles. The third-order valence-corrected chi connectivity index (χ3v) is 7.80. The van der Waals surface area contributed by atoms with Crippen molar-refractivity contribution in [1.82, 2.24) is 0 Å². The van der Waals surface area contributed by atoms with E-state index in [4.69, 9.17) is 4.74 Å². The number of amides is 1. The van der Waals surface area contributed by atoms with Gasteiger partial charge in [-0.25, -0.2) is 0 Å². The van der Waals surface area contributed by atoms with Gasteiger partial charge in [0.15, 0.2) is 0 Å². The van der Waals surface area contributed by atoms with E-state index in [-0.39, 0.29) is 11.9 Å². The molecule has 3 aromatic carbocycles. The van der Waals surface area contributed by atoms with Gasteiger partial charge in [0.2, 0.25) is 0 Å². The number of carbonyl (C=O) groups excluding carboxylic acids is 2. The smallest absolute Gasteiger partial charge is 0.305 e. The predicted octanol–water partition coefficient (Wildman–Crippen LogP) is 6.34. The van der Waals surface area contributed by atoms with Crippen LogP contribution in [-0.2, 0) is 22.5 Å². The standard InChI is InChI=1S/C31H34N2O3/c1-36-30(34)20-22-10-12-23(13-11-22)24-14-16-27(17-15-24)33-19-18-28-25(21-33)6-5-9-29(28)31(35)32-26-7-3-2-4-8-26/h2-9,14-17,22-23H,10-13,18-21H2,1H3,(H,32,35). The van der Waals surface area contributed by atoms with E-state index in [9.17, 15) is 9.59 Å². The molecule has 0 bridgehead atoms. The molecular weight excluding hydrogens is 448 g/mol. The van der Waals surface area contributed by atoms with Crippen molar-refractivity contribution in [3.8, 4) is 0 Å². The zero-order valence-electron chi connectivity index (χ0n) is 20.9. The first-order valence-electron chi connectivity index (χ1n) is 13.0. The number of nitrogens with zero attached hydrogens (tertiary/aromatic N) is 1. The van der Waals surface area contributed by atoms with Gasteiger partial charge >= 0.3 is 5.97 Å². The number of ether oxygens (including phenoxy) is 1. The fourth-order valence-electron chi connectivity index (χ4n) is 5.74. The molecule has 186 valence electrons. The van der Waals surface area contributed by atoms with Gasteiger partial charge in [-0.2, -0.15) is 0 Å². The molecule has 0 atom stereocenters. The molecule has 36 heavy (non-hydrogen) atoms. The van der Waals surface area contributed by atoms with Gasteiger partial charge in [-0.15, -0.1) is 0 Å². The van der Waals surface area contributed by atoms with Crippen LogP contribution < -0.4 is 10.2 Å². The van der Waals surface area contributed by atoms with Crippen LogP contribution in [0.2, 0.25) is 0 Å². The lowest BCUT2D eigenvalue weighted by Gasteiger charge is -2.32. The van der Waals surface area contributed by atoms with Gasteiger partial charge in [0.1, 0.15) is 0 Å². The number of fused-ring (bicyclic) bond motifs is 1. The molecule has 1 aliphatic heterocycles. The number of para-hydroxylation sites is 1. The summed E-state index contributed by atoms with van der Waals surface area (Å²) < 4.78 is 4.84. The second-order valence-corrected chi connectivity index (χ2v) is 10.0. The van der Waals surface area contributed by atoms with Crippen molar-refractivity contribution in [3.05, 3.63) is 95.1 Å². The molecule has 1 aliphatic carbocycles. The minimum absolute atomic E-state index is 0.0443. The first-order chi connectivity index (χ1) is 17.6. The topological polar surface area (TPSA) is 58.6 Å². The Labute approximate surface area is 213 Å². The molecule has 5 nitrogen and oxygen atoms in total. The van der Waals surface area contributed by atoms with Crippen molar-refractivity contribution < 1.29 is 14.3 Å². The molecule has 0 unspecified atom stereocenters. The van der Waals surface area contributed by atoms with Crippen LogP contribution in [-0.4, -0.2) is 25.5 Å². The minimum atomic E-state index is -0.0881. The molecule has 1 amide bonds. The van der Waals surface area contributed by atoms with E-state index in [0.29, 0.717) is 18.3 Å². The average Bonchev–Trinajstić information content (AvgIpc) is 2.93. The maximum atomic E-state index is 13.0. The Hall–Kier alpha value is -3.60. The second kappa shape index (κ2) is 11.0. The van der Waals surface area contributed by atoms with Crippen molar-refractivity contribution in [3.63, 3.8) is 0 Å². The van der Waals surface area contributed by atoms with Crippen molar-refractivity contribution in [2.75, 3.05) is 23.9 Å². The molecule has 0 spiro atoms. The van der Waals surface area contributed by atoms with Crippen molar-refractivity contribution >= 4 is 23.3 Å². The van der Waals surface area contributed by atoms with E-state index in [1.165, 1.54) is 23.9 Å². The number of benzene rings is 3. The summed E-state index contributed by atoms with van der Waals surface area (Å²) in [5.74, 6) is 0.897. The van der Waals surface area contributed by atoms with Gasteiger partial charge in [0.05, 0.1) is 7.11 Å². The van der Waals surface area contributed by atoms with Crippen LogP contribution in [0.25, 0.3) is 0 Å². The fourth-order valence-corrected chi connectivity index (χ4v) is 5.74. The monoisotopic (exact) mass is 482 g/mol. The Balaban J connectivity index is 1.21. The molecular formula is C31H34N2O3. The summed E-state index contributed by atoms with van der Waals surface area (Å²) in [6.07, 6.45) is 5.83. The van der Waals surface area contributed by atoms with Crippen LogP contribution in [0.15, 0.2) is 72.8 Å². The number of nitrogens with one attached hydrogen (secondary N) is 1. The van der Waals surface area contributed by atoms with E-state index in [0.717, 1.165) is 62.0 Å². The first kappa shape index (κ1) is 24.1. The van der Waals surface area contributed by atoms with Crippen LogP contribution in [0, 0.1) is 5.92 Å². The molecule has 1 fully saturated rings. The van der Waals surface area contributed by atoms with Gasteiger partial charge in [-0.05, 0) is 91.0 Å². The van der Waals surface area contributed by atoms with E-state index in [1.807, 2.05) is 42.5 Å². The lowest BCUT2D eigenvalue weighted by atomic mass is 9.77. The molecule has 0 saturated heterocycles. The Morgan fingerprint density at radius 2 is 1.67 bits per heavy atom. The maximum Gasteiger partial charge on any atom is 0.305 e. The van der Waals surface area contributed by atoms with Crippen LogP contribution in [0.5, 0.6) is 0 Å². The summed E-state index contributed by atoms with van der Waals surface area (Å²) in [5, 5.41) is 3.03. The molecule has 1 saturated carbocycles. The zero-order valence-corrected chi connectivity index (χ0v) is 20.9. The first-order valence-corrected chi connectivity index (χ1v) is 13.0. The third kappa shape index (κ3) is 5.46. The van der Waals surface area contributed by atoms with Crippen LogP contribution in [0.3, 0.4) is 0 Å². The Kier molecular flexibility index (Phi) is 7.36. The van der Waals surface area contributed by atoms with Gasteiger partial charge in [0, 0.05) is 36.4 Å². The Bertz CT molecular complexity index is 1200. The molecule has 0 radical (unpaired) electrons. The third-order valence-electron chi connectivity index (χ3n) is 7.80. The van der Waals surface area contributed by atoms with E-state index < -0.39 is 0 Å². The van der Waals surface area contributed by atoms with Gasteiger partial charge in [-0.1, -0.05) is 42.5 Å². The molecule has 2 aliphatic rings. The SMILES string of the molecule is COC(=O)CC1CCC(c2ccc(N3CCc4c(cccc4C(=O)Nc4ccccc4)C3)cc2)CC1. The quantitative estimate of drug-likeness (QED) is 0.417. The van der Waals surface area contributed by atoms with Gasteiger partial charge < -0.3 is 15.0 Å². The highest BCUT2D eigenvalue weighted by atomic mass is 16.5. The molecule has 1 N–H and O–H groups in total. The summed E-state index contributed by atoms with van der Waals surface area (Å²) in [5.41, 5.74) is 6.58. The summed E-state index contributed by atoms with van der Waals surface area (Å²) in [7, 11) is 1.47. The van der Waals surface area contributed by atoms with Gasteiger partial charge in [-0.3, -0.25) is 9.59 Å².